The highest BCUT2D eigenvalue weighted by atomic mass is 79.9. The molecule has 2 aliphatic heterocycles. The molecule has 0 atom stereocenters. The van der Waals surface area contributed by atoms with Crippen LogP contribution in [0.15, 0.2) is 65.1 Å². The van der Waals surface area contributed by atoms with Gasteiger partial charge < -0.3 is 19.7 Å². The SMILES string of the molecule is O=C(Nc1ccc(C2CCN(C(=O)c3ccc4c(c3)OCCO4)CC2)cc1)c1cccc([N+](=O)[O-])c1Br. The molecule has 3 aromatic carbocycles. The second-order valence-corrected chi connectivity index (χ2v) is 9.69. The number of likely N-dealkylation sites (tertiary alicyclic amines) is 1. The van der Waals surface area contributed by atoms with E-state index in [4.69, 9.17) is 9.47 Å². The lowest BCUT2D eigenvalue weighted by molar-refractivity contribution is -0.385. The van der Waals surface area contributed by atoms with Crippen LogP contribution >= 0.6 is 15.9 Å². The van der Waals surface area contributed by atoms with Crippen LogP contribution in [0.1, 0.15) is 45.0 Å². The Morgan fingerprint density at radius 1 is 0.973 bits per heavy atom. The molecule has 190 valence electrons. The van der Waals surface area contributed by atoms with Crippen molar-refractivity contribution >= 4 is 39.1 Å². The van der Waals surface area contributed by atoms with Crippen molar-refractivity contribution in [1.82, 2.24) is 4.90 Å². The predicted octanol–water partition coefficient (Wildman–Crippen LogP) is 5.40. The summed E-state index contributed by atoms with van der Waals surface area (Å²) in [5.74, 6) is 1.13. The van der Waals surface area contributed by atoms with Gasteiger partial charge in [-0.3, -0.25) is 19.7 Å². The van der Waals surface area contributed by atoms with Gasteiger partial charge in [-0.15, -0.1) is 0 Å². The van der Waals surface area contributed by atoms with E-state index in [-0.39, 0.29) is 21.6 Å². The van der Waals surface area contributed by atoms with E-state index in [1.54, 1.807) is 18.2 Å². The molecule has 1 fully saturated rings. The molecular weight excluding hydrogens is 542 g/mol. The average Bonchev–Trinajstić information content (AvgIpc) is 2.93. The summed E-state index contributed by atoms with van der Waals surface area (Å²) in [6.45, 7) is 2.29. The Bertz CT molecular complexity index is 1350. The highest BCUT2D eigenvalue weighted by molar-refractivity contribution is 9.10. The summed E-state index contributed by atoms with van der Waals surface area (Å²) in [5, 5.41) is 13.9. The van der Waals surface area contributed by atoms with Crippen molar-refractivity contribution in [2.75, 3.05) is 31.6 Å². The largest absolute Gasteiger partial charge is 0.486 e. The Kier molecular flexibility index (Phi) is 7.09. The molecule has 1 saturated heterocycles. The molecule has 0 aliphatic carbocycles. The molecule has 2 aliphatic rings. The van der Waals surface area contributed by atoms with Gasteiger partial charge in [-0.05, 0) is 76.7 Å². The number of carbonyl (C=O) groups is 2. The molecule has 3 aromatic rings. The first-order valence-corrected chi connectivity index (χ1v) is 12.7. The molecule has 0 bridgehead atoms. The van der Waals surface area contributed by atoms with Crippen molar-refractivity contribution in [2.45, 2.75) is 18.8 Å². The van der Waals surface area contributed by atoms with Crippen molar-refractivity contribution in [3.05, 3.63) is 91.9 Å². The summed E-state index contributed by atoms with van der Waals surface area (Å²) < 4.78 is 11.3. The van der Waals surface area contributed by atoms with Crippen LogP contribution in [0.5, 0.6) is 11.5 Å². The number of nitrogens with one attached hydrogen (secondary N) is 1. The van der Waals surface area contributed by atoms with Crippen molar-refractivity contribution < 1.29 is 24.0 Å². The summed E-state index contributed by atoms with van der Waals surface area (Å²) in [7, 11) is 0. The number of fused-ring (bicyclic) bond motifs is 1. The Morgan fingerprint density at radius 2 is 1.68 bits per heavy atom. The van der Waals surface area contributed by atoms with Gasteiger partial charge >= 0.3 is 0 Å². The first-order chi connectivity index (χ1) is 17.9. The molecule has 10 heteroatoms. The summed E-state index contributed by atoms with van der Waals surface area (Å²) in [6.07, 6.45) is 1.67. The third-order valence-corrected chi connectivity index (χ3v) is 7.46. The van der Waals surface area contributed by atoms with Crippen LogP contribution in [0.3, 0.4) is 0 Å². The van der Waals surface area contributed by atoms with Crippen LogP contribution in [0.25, 0.3) is 0 Å². The highest BCUT2D eigenvalue weighted by Gasteiger charge is 2.26. The van der Waals surface area contributed by atoms with Gasteiger partial charge in [0.25, 0.3) is 17.5 Å². The quantitative estimate of drug-likeness (QED) is 0.327. The summed E-state index contributed by atoms with van der Waals surface area (Å²) in [4.78, 5) is 38.2. The fourth-order valence-electron chi connectivity index (χ4n) is 4.65. The number of nitro benzene ring substituents is 1. The monoisotopic (exact) mass is 565 g/mol. The van der Waals surface area contributed by atoms with Gasteiger partial charge in [-0.2, -0.15) is 0 Å². The summed E-state index contributed by atoms with van der Waals surface area (Å²) in [5.41, 5.74) is 2.35. The number of piperidine rings is 1. The fourth-order valence-corrected chi connectivity index (χ4v) is 5.24. The van der Waals surface area contributed by atoms with Gasteiger partial charge in [-0.25, -0.2) is 0 Å². The van der Waals surface area contributed by atoms with Crippen LogP contribution in [-0.4, -0.2) is 47.9 Å². The molecule has 5 rings (SSSR count). The van der Waals surface area contributed by atoms with Gasteiger partial charge in [0.1, 0.15) is 17.7 Å². The van der Waals surface area contributed by atoms with E-state index in [0.29, 0.717) is 55.0 Å². The zero-order valence-corrected chi connectivity index (χ0v) is 21.4. The van der Waals surface area contributed by atoms with E-state index in [2.05, 4.69) is 21.2 Å². The molecule has 37 heavy (non-hydrogen) atoms. The van der Waals surface area contributed by atoms with E-state index in [0.717, 1.165) is 18.4 Å². The van der Waals surface area contributed by atoms with Gasteiger partial charge in [0.15, 0.2) is 11.5 Å². The van der Waals surface area contributed by atoms with Crippen LogP contribution in [0, 0.1) is 10.1 Å². The van der Waals surface area contributed by atoms with Crippen LogP contribution in [-0.2, 0) is 0 Å². The molecule has 2 heterocycles. The van der Waals surface area contributed by atoms with E-state index >= 15 is 0 Å². The minimum Gasteiger partial charge on any atom is -0.486 e. The number of hydrogen-bond donors (Lipinski definition) is 1. The van der Waals surface area contributed by atoms with E-state index in [1.807, 2.05) is 29.2 Å². The van der Waals surface area contributed by atoms with Crippen molar-refractivity contribution in [3.63, 3.8) is 0 Å². The molecule has 0 radical (unpaired) electrons. The molecule has 0 saturated carbocycles. The van der Waals surface area contributed by atoms with Gasteiger partial charge in [0.2, 0.25) is 0 Å². The maximum absolute atomic E-state index is 13.0. The smallest absolute Gasteiger partial charge is 0.284 e. The van der Waals surface area contributed by atoms with Gasteiger partial charge in [0.05, 0.1) is 10.5 Å². The number of rotatable bonds is 5. The number of nitrogens with zero attached hydrogens (tertiary/aromatic N) is 2. The number of halogens is 1. The molecule has 0 aromatic heterocycles. The number of ether oxygens (including phenoxy) is 2. The maximum atomic E-state index is 13.0. The van der Waals surface area contributed by atoms with E-state index in [1.165, 1.54) is 18.2 Å². The Hall–Kier alpha value is -3.92. The topological polar surface area (TPSA) is 111 Å². The normalized spacial score (nSPS) is 15.2. The van der Waals surface area contributed by atoms with Crippen LogP contribution < -0.4 is 14.8 Å². The number of amides is 2. The zero-order valence-electron chi connectivity index (χ0n) is 19.8. The minimum atomic E-state index is -0.537. The molecular formula is C27H24BrN3O6. The van der Waals surface area contributed by atoms with Crippen LogP contribution in [0.2, 0.25) is 0 Å². The molecule has 9 nitrogen and oxygen atoms in total. The first-order valence-electron chi connectivity index (χ1n) is 11.9. The molecule has 2 amide bonds. The number of benzene rings is 3. The van der Waals surface area contributed by atoms with Crippen molar-refractivity contribution in [1.29, 1.82) is 0 Å². The van der Waals surface area contributed by atoms with Crippen LogP contribution in [0.4, 0.5) is 11.4 Å². The Morgan fingerprint density at radius 3 is 2.38 bits per heavy atom. The summed E-state index contributed by atoms with van der Waals surface area (Å²) >= 11 is 3.16. The first kappa shape index (κ1) is 24.8. The number of nitro groups is 1. The average molecular weight is 566 g/mol. The van der Waals surface area contributed by atoms with Crippen molar-refractivity contribution in [3.8, 4) is 11.5 Å². The second kappa shape index (κ2) is 10.6. The van der Waals surface area contributed by atoms with Crippen molar-refractivity contribution in [2.24, 2.45) is 0 Å². The number of hydrogen-bond acceptors (Lipinski definition) is 6. The number of anilines is 1. The lowest BCUT2D eigenvalue weighted by Crippen LogP contribution is -2.38. The third kappa shape index (κ3) is 5.29. The Balaban J connectivity index is 1.18. The van der Waals surface area contributed by atoms with Gasteiger partial charge in [-0.1, -0.05) is 18.2 Å². The van der Waals surface area contributed by atoms with E-state index < -0.39 is 10.8 Å². The van der Waals surface area contributed by atoms with Gasteiger partial charge in [0, 0.05) is 30.4 Å². The molecule has 0 spiro atoms. The fraction of sp³-hybridized carbons (Fsp3) is 0.259. The minimum absolute atomic E-state index is 0.0132. The Labute approximate surface area is 221 Å². The third-order valence-electron chi connectivity index (χ3n) is 6.63. The lowest BCUT2D eigenvalue weighted by atomic mass is 9.89. The zero-order chi connectivity index (χ0) is 25.9. The lowest BCUT2D eigenvalue weighted by Gasteiger charge is -2.32. The molecule has 1 N–H and O–H groups in total. The van der Waals surface area contributed by atoms with E-state index in [9.17, 15) is 19.7 Å². The summed E-state index contributed by atoms with van der Waals surface area (Å²) in [6, 6.07) is 17.3. The molecule has 0 unspecified atom stereocenters. The number of carbonyl (C=O) groups excluding carboxylic acids is 2. The highest BCUT2D eigenvalue weighted by Crippen LogP contribution is 2.33. The standard InChI is InChI=1S/C27H24BrN3O6/c28-25-21(2-1-3-22(25)31(34)35)26(32)29-20-7-4-17(5-8-20)18-10-12-30(13-11-18)27(33)19-6-9-23-24(16-19)37-15-14-36-23/h1-9,16,18H,10-15H2,(H,29,32). The second-order valence-electron chi connectivity index (χ2n) is 8.90. The maximum Gasteiger partial charge on any atom is 0.284 e. The predicted molar refractivity (Wildman–Crippen MR) is 141 cm³/mol.